The predicted molar refractivity (Wildman–Crippen MR) is 114 cm³/mol. The number of hydrogen-bond donors (Lipinski definition) is 1. The number of amides is 1. The van der Waals surface area contributed by atoms with E-state index in [0.717, 1.165) is 25.8 Å². The molecule has 0 radical (unpaired) electrons. The van der Waals surface area contributed by atoms with Gasteiger partial charge in [-0.05, 0) is 63.5 Å². The van der Waals surface area contributed by atoms with Crippen LogP contribution in [0.25, 0.3) is 0 Å². The van der Waals surface area contributed by atoms with Gasteiger partial charge in [0.15, 0.2) is 0 Å². The number of hydrogen-bond acceptors (Lipinski definition) is 3. The van der Waals surface area contributed by atoms with Crippen molar-refractivity contribution in [3.63, 3.8) is 0 Å². The molecule has 0 atom stereocenters. The quantitative estimate of drug-likeness (QED) is 0.365. The Bertz CT molecular complexity index is 956. The number of halogens is 2. The standard InChI is InChI=1S/C21H16Br2N2O2/c22-17-10-8-15(9-11-17)14-27-18-5-3-4-16(12-18)13-24-25-21(26)19-6-1-2-7-20(19)23/h1-13H,14H2,(H,25,26)/b24-13+. The summed E-state index contributed by atoms with van der Waals surface area (Å²) in [7, 11) is 0. The van der Waals surface area contributed by atoms with E-state index in [0.29, 0.717) is 12.2 Å². The van der Waals surface area contributed by atoms with E-state index in [1.54, 1.807) is 18.3 Å². The average Bonchev–Trinajstić information content (AvgIpc) is 2.68. The van der Waals surface area contributed by atoms with Crippen LogP contribution in [-0.4, -0.2) is 12.1 Å². The van der Waals surface area contributed by atoms with Gasteiger partial charge in [-0.1, -0.05) is 52.3 Å². The summed E-state index contributed by atoms with van der Waals surface area (Å²) in [6, 6.07) is 22.7. The van der Waals surface area contributed by atoms with Crippen LogP contribution in [0.2, 0.25) is 0 Å². The number of carbonyl (C=O) groups excluding carboxylic acids is 1. The van der Waals surface area contributed by atoms with Gasteiger partial charge in [0.05, 0.1) is 11.8 Å². The number of benzene rings is 3. The first-order chi connectivity index (χ1) is 13.1. The van der Waals surface area contributed by atoms with Gasteiger partial charge in [-0.2, -0.15) is 5.10 Å². The lowest BCUT2D eigenvalue weighted by Gasteiger charge is -2.07. The van der Waals surface area contributed by atoms with Crippen molar-refractivity contribution in [2.24, 2.45) is 5.10 Å². The number of ether oxygens (including phenoxy) is 1. The Balaban J connectivity index is 1.58. The van der Waals surface area contributed by atoms with Crippen LogP contribution in [0.4, 0.5) is 0 Å². The SMILES string of the molecule is O=C(N/N=C/c1cccc(OCc2ccc(Br)cc2)c1)c1ccccc1Br. The van der Waals surface area contributed by atoms with Crippen molar-refractivity contribution < 1.29 is 9.53 Å². The van der Waals surface area contributed by atoms with Gasteiger partial charge >= 0.3 is 0 Å². The molecule has 0 aliphatic heterocycles. The molecule has 1 amide bonds. The summed E-state index contributed by atoms with van der Waals surface area (Å²) < 4.78 is 7.57. The van der Waals surface area contributed by atoms with E-state index in [2.05, 4.69) is 42.4 Å². The average molecular weight is 488 g/mol. The van der Waals surface area contributed by atoms with E-state index >= 15 is 0 Å². The molecule has 3 aromatic rings. The van der Waals surface area contributed by atoms with Crippen LogP contribution >= 0.6 is 31.9 Å². The Labute approximate surface area is 174 Å². The first-order valence-corrected chi connectivity index (χ1v) is 9.76. The van der Waals surface area contributed by atoms with Gasteiger partial charge in [-0.25, -0.2) is 5.43 Å². The van der Waals surface area contributed by atoms with Crippen LogP contribution in [0.1, 0.15) is 21.5 Å². The lowest BCUT2D eigenvalue weighted by Crippen LogP contribution is -2.18. The Kier molecular flexibility index (Phi) is 6.79. The highest BCUT2D eigenvalue weighted by Gasteiger charge is 2.07. The van der Waals surface area contributed by atoms with Crippen molar-refractivity contribution in [3.05, 3.63) is 98.4 Å². The molecule has 4 nitrogen and oxygen atoms in total. The third-order valence-electron chi connectivity index (χ3n) is 3.68. The second-order valence-electron chi connectivity index (χ2n) is 5.67. The Morgan fingerprint density at radius 1 is 1.00 bits per heavy atom. The van der Waals surface area contributed by atoms with Crippen molar-refractivity contribution in [3.8, 4) is 5.75 Å². The number of nitrogens with one attached hydrogen (secondary N) is 1. The first kappa shape index (κ1) is 19.3. The zero-order valence-corrected chi connectivity index (χ0v) is 17.4. The molecular weight excluding hydrogens is 472 g/mol. The number of nitrogens with zero attached hydrogens (tertiary/aromatic N) is 1. The highest BCUT2D eigenvalue weighted by molar-refractivity contribution is 9.10. The molecule has 0 bridgehead atoms. The molecular formula is C21H16Br2N2O2. The maximum absolute atomic E-state index is 12.1. The van der Waals surface area contributed by atoms with E-state index in [4.69, 9.17) is 4.74 Å². The highest BCUT2D eigenvalue weighted by atomic mass is 79.9. The number of rotatable bonds is 6. The molecule has 3 aromatic carbocycles. The smallest absolute Gasteiger partial charge is 0.272 e. The van der Waals surface area contributed by atoms with Crippen molar-refractivity contribution in [2.75, 3.05) is 0 Å². The molecule has 0 aliphatic rings. The van der Waals surface area contributed by atoms with Crippen LogP contribution < -0.4 is 10.2 Å². The van der Waals surface area contributed by atoms with Crippen LogP contribution in [-0.2, 0) is 6.61 Å². The number of carbonyl (C=O) groups is 1. The van der Waals surface area contributed by atoms with E-state index < -0.39 is 0 Å². The number of hydrazone groups is 1. The van der Waals surface area contributed by atoms with E-state index in [9.17, 15) is 4.79 Å². The molecule has 0 spiro atoms. The Morgan fingerprint density at radius 3 is 2.56 bits per heavy atom. The minimum atomic E-state index is -0.277. The summed E-state index contributed by atoms with van der Waals surface area (Å²) >= 11 is 6.77. The van der Waals surface area contributed by atoms with Crippen LogP contribution in [0.3, 0.4) is 0 Å². The van der Waals surface area contributed by atoms with Crippen molar-refractivity contribution in [2.45, 2.75) is 6.61 Å². The van der Waals surface area contributed by atoms with Gasteiger partial charge in [0.2, 0.25) is 0 Å². The molecule has 6 heteroatoms. The van der Waals surface area contributed by atoms with Gasteiger partial charge in [0.25, 0.3) is 5.91 Å². The molecule has 0 aromatic heterocycles. The fourth-order valence-corrected chi connectivity index (χ4v) is 3.03. The van der Waals surface area contributed by atoms with Crippen molar-refractivity contribution in [1.82, 2.24) is 5.43 Å². The molecule has 0 aliphatic carbocycles. The maximum atomic E-state index is 12.1. The van der Waals surface area contributed by atoms with Gasteiger partial charge in [0.1, 0.15) is 12.4 Å². The summed E-state index contributed by atoms with van der Waals surface area (Å²) in [5.74, 6) is 0.459. The summed E-state index contributed by atoms with van der Waals surface area (Å²) in [6.45, 7) is 0.479. The maximum Gasteiger partial charge on any atom is 0.272 e. The monoisotopic (exact) mass is 486 g/mol. The lowest BCUT2D eigenvalue weighted by molar-refractivity contribution is 0.0954. The molecule has 0 fully saturated rings. The van der Waals surface area contributed by atoms with Gasteiger partial charge in [0, 0.05) is 8.95 Å². The second-order valence-corrected chi connectivity index (χ2v) is 7.44. The molecule has 3 rings (SSSR count). The molecule has 0 saturated heterocycles. The minimum absolute atomic E-state index is 0.277. The molecule has 1 N–H and O–H groups in total. The summed E-state index contributed by atoms with van der Waals surface area (Å²) in [6.07, 6.45) is 1.58. The Hall–Kier alpha value is -2.44. The third kappa shape index (κ3) is 5.77. The van der Waals surface area contributed by atoms with Crippen LogP contribution in [0, 0.1) is 0 Å². The van der Waals surface area contributed by atoms with Gasteiger partial charge in [-0.15, -0.1) is 0 Å². The van der Waals surface area contributed by atoms with Gasteiger partial charge in [-0.3, -0.25) is 4.79 Å². The zero-order valence-electron chi connectivity index (χ0n) is 14.2. The fraction of sp³-hybridized carbons (Fsp3) is 0.0476. The normalized spacial score (nSPS) is 10.7. The van der Waals surface area contributed by atoms with E-state index in [1.807, 2.05) is 60.7 Å². The molecule has 136 valence electrons. The third-order valence-corrected chi connectivity index (χ3v) is 4.90. The lowest BCUT2D eigenvalue weighted by atomic mass is 10.2. The second kappa shape index (κ2) is 9.48. The van der Waals surface area contributed by atoms with Crippen LogP contribution in [0.5, 0.6) is 5.75 Å². The molecule has 0 saturated carbocycles. The van der Waals surface area contributed by atoms with Crippen LogP contribution in [0.15, 0.2) is 86.8 Å². The van der Waals surface area contributed by atoms with Gasteiger partial charge < -0.3 is 4.74 Å². The molecule has 0 unspecified atom stereocenters. The summed E-state index contributed by atoms with van der Waals surface area (Å²) in [5.41, 5.74) is 4.97. The Morgan fingerprint density at radius 2 is 1.78 bits per heavy atom. The predicted octanol–water partition coefficient (Wildman–Crippen LogP) is 5.55. The zero-order chi connectivity index (χ0) is 19.1. The van der Waals surface area contributed by atoms with E-state index in [1.165, 1.54) is 0 Å². The van der Waals surface area contributed by atoms with E-state index in [-0.39, 0.29) is 5.91 Å². The topological polar surface area (TPSA) is 50.7 Å². The molecule has 27 heavy (non-hydrogen) atoms. The highest BCUT2D eigenvalue weighted by Crippen LogP contribution is 2.17. The molecule has 0 heterocycles. The fourth-order valence-electron chi connectivity index (χ4n) is 2.30. The van der Waals surface area contributed by atoms with Crippen molar-refractivity contribution >= 4 is 44.0 Å². The first-order valence-electron chi connectivity index (χ1n) is 8.17. The van der Waals surface area contributed by atoms with Crippen molar-refractivity contribution in [1.29, 1.82) is 0 Å². The summed E-state index contributed by atoms with van der Waals surface area (Å²) in [5, 5.41) is 4.02. The summed E-state index contributed by atoms with van der Waals surface area (Å²) in [4.78, 5) is 12.1. The largest absolute Gasteiger partial charge is 0.489 e. The minimum Gasteiger partial charge on any atom is -0.489 e.